The number of nitrogens with one attached hydrogen (secondary N) is 1. The quantitative estimate of drug-likeness (QED) is 0.821. The standard InChI is InChI=1S/C13H19N3O3/c1-10-8-12(11(9-15-10)13(17)18)14-2-3-16-4-6-19-7-5-16/h8-9H,2-7H2,1H3,(H,14,15)(H,17,18). The van der Waals surface area contributed by atoms with Crippen LogP contribution in [0.4, 0.5) is 5.69 Å². The Morgan fingerprint density at radius 3 is 2.95 bits per heavy atom. The minimum Gasteiger partial charge on any atom is -0.478 e. The first-order valence-corrected chi connectivity index (χ1v) is 6.41. The van der Waals surface area contributed by atoms with Crippen molar-refractivity contribution in [3.63, 3.8) is 0 Å². The van der Waals surface area contributed by atoms with Crippen LogP contribution in [0.25, 0.3) is 0 Å². The highest BCUT2D eigenvalue weighted by molar-refractivity contribution is 5.93. The zero-order chi connectivity index (χ0) is 13.7. The Morgan fingerprint density at radius 1 is 1.53 bits per heavy atom. The fourth-order valence-corrected chi connectivity index (χ4v) is 2.05. The van der Waals surface area contributed by atoms with E-state index in [1.165, 1.54) is 6.20 Å². The highest BCUT2D eigenvalue weighted by Crippen LogP contribution is 2.15. The Hall–Kier alpha value is -1.66. The van der Waals surface area contributed by atoms with E-state index >= 15 is 0 Å². The Morgan fingerprint density at radius 2 is 2.26 bits per heavy atom. The number of aromatic nitrogens is 1. The first-order valence-electron chi connectivity index (χ1n) is 6.41. The number of nitrogens with zero attached hydrogens (tertiary/aromatic N) is 2. The maximum atomic E-state index is 11.1. The van der Waals surface area contributed by atoms with Crippen molar-refractivity contribution in [2.24, 2.45) is 0 Å². The summed E-state index contributed by atoms with van der Waals surface area (Å²) in [6.07, 6.45) is 1.40. The van der Waals surface area contributed by atoms with Crippen molar-refractivity contribution in [2.75, 3.05) is 44.7 Å². The summed E-state index contributed by atoms with van der Waals surface area (Å²) in [6, 6.07) is 1.77. The van der Waals surface area contributed by atoms with Crippen molar-refractivity contribution in [3.8, 4) is 0 Å². The van der Waals surface area contributed by atoms with Gasteiger partial charge in [-0.3, -0.25) is 9.88 Å². The third-order valence-corrected chi connectivity index (χ3v) is 3.12. The SMILES string of the molecule is Cc1cc(NCCN2CCOCC2)c(C(=O)O)cn1. The van der Waals surface area contributed by atoms with Crippen LogP contribution >= 0.6 is 0 Å². The van der Waals surface area contributed by atoms with Crippen LogP contribution in [0.15, 0.2) is 12.3 Å². The Bertz CT molecular complexity index is 445. The lowest BCUT2D eigenvalue weighted by molar-refractivity contribution is 0.0398. The molecule has 2 heterocycles. The lowest BCUT2D eigenvalue weighted by Gasteiger charge is -2.26. The summed E-state index contributed by atoms with van der Waals surface area (Å²) in [5.74, 6) is -0.957. The third-order valence-electron chi connectivity index (χ3n) is 3.12. The predicted octanol–water partition coefficient (Wildman–Crippen LogP) is 0.832. The molecule has 2 N–H and O–H groups in total. The topological polar surface area (TPSA) is 74.7 Å². The van der Waals surface area contributed by atoms with E-state index in [0.29, 0.717) is 12.2 Å². The molecule has 1 aromatic rings. The fourth-order valence-electron chi connectivity index (χ4n) is 2.05. The maximum absolute atomic E-state index is 11.1. The van der Waals surface area contributed by atoms with E-state index in [1.54, 1.807) is 6.07 Å². The number of carboxylic acid groups (broad SMARTS) is 1. The van der Waals surface area contributed by atoms with E-state index < -0.39 is 5.97 Å². The normalized spacial score (nSPS) is 16.3. The molecule has 0 amide bonds. The Balaban J connectivity index is 1.91. The molecule has 104 valence electrons. The van der Waals surface area contributed by atoms with Gasteiger partial charge in [-0.05, 0) is 13.0 Å². The van der Waals surface area contributed by atoms with Crippen LogP contribution < -0.4 is 5.32 Å². The van der Waals surface area contributed by atoms with Gasteiger partial charge in [0.05, 0.1) is 18.9 Å². The summed E-state index contributed by atoms with van der Waals surface area (Å²) in [5, 5.41) is 12.3. The molecule has 6 nitrogen and oxygen atoms in total. The summed E-state index contributed by atoms with van der Waals surface area (Å²) in [4.78, 5) is 17.4. The van der Waals surface area contributed by atoms with Crippen LogP contribution in [0, 0.1) is 6.92 Å². The molecule has 1 aliphatic heterocycles. The molecule has 2 rings (SSSR count). The number of morpholine rings is 1. The Kier molecular flexibility index (Phi) is 4.70. The van der Waals surface area contributed by atoms with Gasteiger partial charge in [-0.25, -0.2) is 4.79 Å². The minimum absolute atomic E-state index is 0.215. The van der Waals surface area contributed by atoms with Crippen molar-refractivity contribution >= 4 is 11.7 Å². The number of aryl methyl sites for hydroxylation is 1. The molecule has 1 fully saturated rings. The van der Waals surface area contributed by atoms with Crippen LogP contribution in [-0.2, 0) is 4.74 Å². The first kappa shape index (κ1) is 13.8. The first-order chi connectivity index (χ1) is 9.16. The van der Waals surface area contributed by atoms with E-state index in [2.05, 4.69) is 15.2 Å². The summed E-state index contributed by atoms with van der Waals surface area (Å²) < 4.78 is 5.28. The molecule has 19 heavy (non-hydrogen) atoms. The molecule has 0 bridgehead atoms. The summed E-state index contributed by atoms with van der Waals surface area (Å²) in [7, 11) is 0. The molecule has 0 radical (unpaired) electrons. The highest BCUT2D eigenvalue weighted by Gasteiger charge is 2.12. The molecule has 0 unspecified atom stereocenters. The molecule has 1 aromatic heterocycles. The molecule has 0 spiro atoms. The molecule has 6 heteroatoms. The zero-order valence-corrected chi connectivity index (χ0v) is 11.1. The van der Waals surface area contributed by atoms with Crippen molar-refractivity contribution in [3.05, 3.63) is 23.5 Å². The number of ether oxygens (including phenoxy) is 1. The van der Waals surface area contributed by atoms with Gasteiger partial charge in [0.25, 0.3) is 0 Å². The molecule has 0 aromatic carbocycles. The second-order valence-corrected chi connectivity index (χ2v) is 4.56. The van der Waals surface area contributed by atoms with Gasteiger partial charge in [0.15, 0.2) is 0 Å². The number of aromatic carboxylic acids is 1. The second-order valence-electron chi connectivity index (χ2n) is 4.56. The number of hydrogen-bond acceptors (Lipinski definition) is 5. The van der Waals surface area contributed by atoms with Crippen LogP contribution in [0.2, 0.25) is 0 Å². The average molecular weight is 265 g/mol. The maximum Gasteiger partial charge on any atom is 0.339 e. The van der Waals surface area contributed by atoms with Crippen LogP contribution in [0.1, 0.15) is 16.1 Å². The van der Waals surface area contributed by atoms with Gasteiger partial charge in [0.1, 0.15) is 5.56 Å². The lowest BCUT2D eigenvalue weighted by Crippen LogP contribution is -2.39. The number of pyridine rings is 1. The number of hydrogen-bond donors (Lipinski definition) is 2. The summed E-state index contributed by atoms with van der Waals surface area (Å²) >= 11 is 0. The van der Waals surface area contributed by atoms with Gasteiger partial charge in [-0.1, -0.05) is 0 Å². The van der Waals surface area contributed by atoms with Gasteiger partial charge in [-0.2, -0.15) is 0 Å². The molecule has 0 saturated carbocycles. The number of carbonyl (C=O) groups is 1. The number of carboxylic acids is 1. The number of anilines is 1. The third kappa shape index (κ3) is 3.90. The molecule has 0 aliphatic carbocycles. The predicted molar refractivity (Wildman–Crippen MR) is 71.7 cm³/mol. The monoisotopic (exact) mass is 265 g/mol. The van der Waals surface area contributed by atoms with E-state index in [0.717, 1.165) is 38.5 Å². The van der Waals surface area contributed by atoms with Gasteiger partial charge in [0, 0.05) is 38.1 Å². The molecule has 1 saturated heterocycles. The average Bonchev–Trinajstić information content (AvgIpc) is 2.39. The molecule has 0 atom stereocenters. The fraction of sp³-hybridized carbons (Fsp3) is 0.538. The van der Waals surface area contributed by atoms with E-state index in [1.807, 2.05) is 6.92 Å². The van der Waals surface area contributed by atoms with Crippen molar-refractivity contribution in [1.29, 1.82) is 0 Å². The van der Waals surface area contributed by atoms with E-state index in [-0.39, 0.29) is 5.56 Å². The van der Waals surface area contributed by atoms with Crippen LogP contribution in [-0.4, -0.2) is 60.4 Å². The smallest absolute Gasteiger partial charge is 0.339 e. The minimum atomic E-state index is -0.957. The summed E-state index contributed by atoms with van der Waals surface area (Å²) in [5.41, 5.74) is 1.65. The van der Waals surface area contributed by atoms with Crippen molar-refractivity contribution in [2.45, 2.75) is 6.92 Å². The van der Waals surface area contributed by atoms with E-state index in [9.17, 15) is 4.79 Å². The van der Waals surface area contributed by atoms with Crippen molar-refractivity contribution < 1.29 is 14.6 Å². The largest absolute Gasteiger partial charge is 0.478 e. The number of rotatable bonds is 5. The van der Waals surface area contributed by atoms with Crippen LogP contribution in [0.5, 0.6) is 0 Å². The molecule has 1 aliphatic rings. The van der Waals surface area contributed by atoms with Crippen molar-refractivity contribution in [1.82, 2.24) is 9.88 Å². The summed E-state index contributed by atoms with van der Waals surface area (Å²) in [6.45, 7) is 6.85. The lowest BCUT2D eigenvalue weighted by atomic mass is 10.2. The van der Waals surface area contributed by atoms with Gasteiger partial charge in [0.2, 0.25) is 0 Å². The second kappa shape index (κ2) is 6.49. The van der Waals surface area contributed by atoms with Gasteiger partial charge < -0.3 is 15.2 Å². The molecular formula is C13H19N3O3. The molecular weight excluding hydrogens is 246 g/mol. The van der Waals surface area contributed by atoms with E-state index in [4.69, 9.17) is 9.84 Å². The van der Waals surface area contributed by atoms with Gasteiger partial charge in [-0.15, -0.1) is 0 Å². The Labute approximate surface area is 112 Å². The highest BCUT2D eigenvalue weighted by atomic mass is 16.5. The zero-order valence-electron chi connectivity index (χ0n) is 11.1. The van der Waals surface area contributed by atoms with Gasteiger partial charge >= 0.3 is 5.97 Å². The van der Waals surface area contributed by atoms with Crippen LogP contribution in [0.3, 0.4) is 0 Å².